The average molecular weight is 462 g/mol. The number of hydrogen-bond acceptors (Lipinski definition) is 8. The third kappa shape index (κ3) is 5.77. The number of hydrogen-bond donors (Lipinski definition) is 2. The summed E-state index contributed by atoms with van der Waals surface area (Å²) < 4.78 is 10.1. The number of thiophene rings is 1. The normalized spacial score (nSPS) is 15.1. The van der Waals surface area contributed by atoms with Crippen molar-refractivity contribution in [3.8, 4) is 5.75 Å². The molecule has 32 heavy (non-hydrogen) atoms. The fourth-order valence-electron chi connectivity index (χ4n) is 3.69. The van der Waals surface area contributed by atoms with E-state index < -0.39 is 23.8 Å². The molecule has 1 aromatic carbocycles. The summed E-state index contributed by atoms with van der Waals surface area (Å²) in [6.07, 6.45) is -0.182. The van der Waals surface area contributed by atoms with E-state index in [9.17, 15) is 19.5 Å². The summed E-state index contributed by atoms with van der Waals surface area (Å²) >= 11 is 1.15. The first-order chi connectivity index (χ1) is 15.4. The van der Waals surface area contributed by atoms with E-state index in [1.54, 1.807) is 18.6 Å². The highest BCUT2D eigenvalue weighted by Gasteiger charge is 2.27. The maximum atomic E-state index is 12.5. The van der Waals surface area contributed by atoms with E-state index in [4.69, 9.17) is 9.47 Å². The number of esters is 1. The number of piperazine rings is 1. The molecule has 0 saturated carbocycles. The second kappa shape index (κ2) is 11.0. The van der Waals surface area contributed by atoms with Crippen molar-refractivity contribution < 1.29 is 29.0 Å². The average Bonchev–Trinajstić information content (AvgIpc) is 3.26. The molecule has 3 rings (SSSR count). The van der Waals surface area contributed by atoms with Gasteiger partial charge in [-0.3, -0.25) is 14.5 Å². The molecule has 0 aliphatic carbocycles. The number of benzene rings is 1. The maximum Gasteiger partial charge on any atom is 0.350 e. The molecule has 0 bridgehead atoms. The number of nitrogens with one attached hydrogen (secondary N) is 1. The van der Waals surface area contributed by atoms with Gasteiger partial charge in [-0.25, -0.2) is 4.79 Å². The Bertz CT molecular complexity index is 955. The van der Waals surface area contributed by atoms with E-state index in [0.29, 0.717) is 18.8 Å². The summed E-state index contributed by atoms with van der Waals surface area (Å²) in [5, 5.41) is 14.0. The standard InChI is InChI=1S/C22H27N3O6S/c1-30-18-6-4-3-5-17(18)25-10-8-24(9-11-25)14-15(21(27)28)13-19(26)23-16-7-12-32-20(16)22(29)31-2/h3-7,12,15H,8-11,13-14H2,1-2H3,(H,23,26)(H,27,28)/t15-/m1/s1. The number of nitrogens with zero attached hydrogens (tertiary/aromatic N) is 2. The minimum absolute atomic E-state index is 0.182. The van der Waals surface area contributed by atoms with Crippen LogP contribution < -0.4 is 15.0 Å². The Morgan fingerprint density at radius 1 is 1.12 bits per heavy atom. The first kappa shape index (κ1) is 23.6. The number of para-hydroxylation sites is 2. The van der Waals surface area contributed by atoms with Crippen LogP contribution in [0.25, 0.3) is 0 Å². The first-order valence-corrected chi connectivity index (χ1v) is 11.1. The third-order valence-corrected chi connectivity index (χ3v) is 6.26. The Kier molecular flexibility index (Phi) is 8.07. The number of rotatable bonds is 9. The van der Waals surface area contributed by atoms with Crippen LogP contribution in [0.5, 0.6) is 5.75 Å². The fourth-order valence-corrected chi connectivity index (χ4v) is 4.45. The maximum absolute atomic E-state index is 12.5. The van der Waals surface area contributed by atoms with E-state index >= 15 is 0 Å². The summed E-state index contributed by atoms with van der Waals surface area (Å²) in [6.45, 7) is 3.10. The van der Waals surface area contributed by atoms with Crippen molar-refractivity contribution in [1.82, 2.24) is 4.90 Å². The Labute approximate surface area is 190 Å². The molecule has 1 aliphatic heterocycles. The fraction of sp³-hybridized carbons (Fsp3) is 0.409. The quantitative estimate of drug-likeness (QED) is 0.548. The highest BCUT2D eigenvalue weighted by Crippen LogP contribution is 2.28. The van der Waals surface area contributed by atoms with Crippen molar-refractivity contribution >= 4 is 40.6 Å². The number of aliphatic carboxylic acids is 1. The second-order valence-corrected chi connectivity index (χ2v) is 8.32. The van der Waals surface area contributed by atoms with E-state index in [1.807, 2.05) is 24.3 Å². The molecule has 9 nitrogen and oxygen atoms in total. The van der Waals surface area contributed by atoms with Gasteiger partial charge in [0.25, 0.3) is 0 Å². The van der Waals surface area contributed by atoms with Gasteiger partial charge in [-0.05, 0) is 23.6 Å². The molecular formula is C22H27N3O6S. The lowest BCUT2D eigenvalue weighted by atomic mass is 10.0. The van der Waals surface area contributed by atoms with Crippen LogP contribution in [0.3, 0.4) is 0 Å². The van der Waals surface area contributed by atoms with Crippen LogP contribution in [0.1, 0.15) is 16.1 Å². The number of carboxylic acid groups (broad SMARTS) is 1. The zero-order valence-corrected chi connectivity index (χ0v) is 18.9. The number of carbonyl (C=O) groups excluding carboxylic acids is 2. The van der Waals surface area contributed by atoms with Crippen LogP contribution in [0, 0.1) is 5.92 Å². The summed E-state index contributed by atoms with van der Waals surface area (Å²) in [5.74, 6) is -2.06. The number of methoxy groups -OCH3 is 2. The summed E-state index contributed by atoms with van der Waals surface area (Å²) in [4.78, 5) is 40.6. The van der Waals surface area contributed by atoms with Crippen molar-refractivity contribution in [2.75, 3.05) is 57.2 Å². The van der Waals surface area contributed by atoms with Gasteiger partial charge in [0.05, 0.1) is 31.5 Å². The topological polar surface area (TPSA) is 108 Å². The van der Waals surface area contributed by atoms with Gasteiger partial charge in [-0.1, -0.05) is 12.1 Å². The minimum Gasteiger partial charge on any atom is -0.495 e. The largest absolute Gasteiger partial charge is 0.495 e. The van der Waals surface area contributed by atoms with Gasteiger partial charge in [-0.15, -0.1) is 11.3 Å². The molecule has 0 unspecified atom stereocenters. The van der Waals surface area contributed by atoms with Crippen LogP contribution in [0.4, 0.5) is 11.4 Å². The predicted molar refractivity (Wildman–Crippen MR) is 122 cm³/mol. The SMILES string of the molecule is COC(=O)c1sccc1NC(=O)C[C@H](CN1CCN(c2ccccc2OC)CC1)C(=O)O. The summed E-state index contributed by atoms with van der Waals surface area (Å²) in [6, 6.07) is 9.40. The Balaban J connectivity index is 1.55. The highest BCUT2D eigenvalue weighted by molar-refractivity contribution is 7.12. The molecule has 1 aromatic heterocycles. The van der Waals surface area contributed by atoms with Crippen LogP contribution in [-0.4, -0.2) is 74.8 Å². The van der Waals surface area contributed by atoms with Gasteiger partial charge in [0.2, 0.25) is 5.91 Å². The molecule has 1 aliphatic rings. The Morgan fingerprint density at radius 2 is 1.84 bits per heavy atom. The van der Waals surface area contributed by atoms with Gasteiger partial charge in [0.1, 0.15) is 10.6 Å². The van der Waals surface area contributed by atoms with Gasteiger partial charge in [0.15, 0.2) is 0 Å². The van der Waals surface area contributed by atoms with Crippen LogP contribution >= 0.6 is 11.3 Å². The van der Waals surface area contributed by atoms with Crippen molar-refractivity contribution in [1.29, 1.82) is 0 Å². The molecule has 1 atom stereocenters. The number of anilines is 2. The van der Waals surface area contributed by atoms with E-state index in [2.05, 4.69) is 15.1 Å². The lowest BCUT2D eigenvalue weighted by Crippen LogP contribution is -2.49. The van der Waals surface area contributed by atoms with Crippen LogP contribution in [0.2, 0.25) is 0 Å². The third-order valence-electron chi connectivity index (χ3n) is 5.37. The lowest BCUT2D eigenvalue weighted by Gasteiger charge is -2.37. The monoisotopic (exact) mass is 461 g/mol. The smallest absolute Gasteiger partial charge is 0.350 e. The van der Waals surface area contributed by atoms with Crippen molar-refractivity contribution in [3.63, 3.8) is 0 Å². The second-order valence-electron chi connectivity index (χ2n) is 7.40. The number of carboxylic acids is 1. The van der Waals surface area contributed by atoms with Crippen molar-refractivity contribution in [3.05, 3.63) is 40.6 Å². The zero-order chi connectivity index (χ0) is 23.1. The van der Waals surface area contributed by atoms with E-state index in [0.717, 1.165) is 35.9 Å². The van der Waals surface area contributed by atoms with E-state index in [1.165, 1.54) is 7.11 Å². The lowest BCUT2D eigenvalue weighted by molar-refractivity contribution is -0.144. The van der Waals surface area contributed by atoms with Gasteiger partial charge in [-0.2, -0.15) is 0 Å². The first-order valence-electron chi connectivity index (χ1n) is 10.2. The molecule has 2 heterocycles. The van der Waals surface area contributed by atoms with Gasteiger partial charge < -0.3 is 24.8 Å². The molecule has 10 heteroatoms. The highest BCUT2D eigenvalue weighted by atomic mass is 32.1. The molecule has 1 saturated heterocycles. The minimum atomic E-state index is -1.02. The van der Waals surface area contributed by atoms with Crippen LogP contribution in [-0.2, 0) is 14.3 Å². The summed E-state index contributed by atoms with van der Waals surface area (Å²) in [5.41, 5.74) is 1.35. The van der Waals surface area contributed by atoms with Crippen LogP contribution in [0.15, 0.2) is 35.7 Å². The molecule has 0 spiro atoms. The number of ether oxygens (including phenoxy) is 2. The molecule has 1 amide bonds. The summed E-state index contributed by atoms with van der Waals surface area (Å²) in [7, 11) is 2.91. The number of carbonyl (C=O) groups is 3. The van der Waals surface area contributed by atoms with Crippen molar-refractivity contribution in [2.24, 2.45) is 5.92 Å². The Hall–Kier alpha value is -3.11. The molecule has 1 fully saturated rings. The van der Waals surface area contributed by atoms with Gasteiger partial charge in [0, 0.05) is 39.1 Å². The van der Waals surface area contributed by atoms with E-state index in [-0.39, 0.29) is 17.8 Å². The molecule has 0 radical (unpaired) electrons. The molecule has 2 N–H and O–H groups in total. The molecule has 2 aromatic rings. The number of amides is 1. The zero-order valence-electron chi connectivity index (χ0n) is 18.1. The Morgan fingerprint density at radius 3 is 2.50 bits per heavy atom. The predicted octanol–water partition coefficient (Wildman–Crippen LogP) is 2.39. The van der Waals surface area contributed by atoms with Gasteiger partial charge >= 0.3 is 11.9 Å². The molecular weight excluding hydrogens is 434 g/mol. The molecule has 172 valence electrons. The van der Waals surface area contributed by atoms with Crippen molar-refractivity contribution in [2.45, 2.75) is 6.42 Å².